The van der Waals surface area contributed by atoms with E-state index in [1.54, 1.807) is 31.2 Å². The van der Waals surface area contributed by atoms with Gasteiger partial charge >= 0.3 is 5.97 Å². The second kappa shape index (κ2) is 7.41. The third-order valence-electron chi connectivity index (χ3n) is 3.67. The van der Waals surface area contributed by atoms with E-state index in [-0.39, 0.29) is 11.7 Å². The zero-order chi connectivity index (χ0) is 16.9. The molecule has 0 fully saturated rings. The molecule has 24 heavy (non-hydrogen) atoms. The second-order valence-electron chi connectivity index (χ2n) is 5.35. The molecule has 3 aromatic carbocycles. The van der Waals surface area contributed by atoms with Gasteiger partial charge in [0.2, 0.25) is 0 Å². The molecule has 0 aliphatic heterocycles. The maximum absolute atomic E-state index is 12.5. The van der Waals surface area contributed by atoms with Crippen LogP contribution in [0.2, 0.25) is 0 Å². The molecule has 3 nitrogen and oxygen atoms in total. The number of carbonyl (C=O) groups is 1. The number of hydrogen-bond acceptors (Lipinski definition) is 4. The third kappa shape index (κ3) is 3.71. The van der Waals surface area contributed by atoms with Crippen molar-refractivity contribution in [3.05, 3.63) is 72.3 Å². The van der Waals surface area contributed by atoms with Crippen molar-refractivity contribution >= 4 is 28.5 Å². The van der Waals surface area contributed by atoms with Crippen LogP contribution >= 0.6 is 11.8 Å². The Morgan fingerprint density at radius 2 is 1.75 bits per heavy atom. The normalized spacial score (nSPS) is 12.0. The molecule has 0 bridgehead atoms. The van der Waals surface area contributed by atoms with Gasteiger partial charge < -0.3 is 9.84 Å². The Hall–Kier alpha value is -2.46. The fourth-order valence-electron chi connectivity index (χ4n) is 2.50. The first kappa shape index (κ1) is 16.4. The number of phenolic OH excluding ortho intramolecular Hbond substituents is 1. The van der Waals surface area contributed by atoms with Crippen LogP contribution in [0.4, 0.5) is 0 Å². The Balaban J connectivity index is 1.95. The summed E-state index contributed by atoms with van der Waals surface area (Å²) < 4.78 is 5.26. The lowest BCUT2D eigenvalue weighted by Gasteiger charge is -2.16. The van der Waals surface area contributed by atoms with Gasteiger partial charge in [0.15, 0.2) is 0 Å². The number of thioether (sulfide) groups is 1. The average Bonchev–Trinajstić information content (AvgIpc) is 2.61. The summed E-state index contributed by atoms with van der Waals surface area (Å²) in [6, 6.07) is 20.9. The van der Waals surface area contributed by atoms with Gasteiger partial charge in [-0.1, -0.05) is 36.4 Å². The maximum Gasteiger partial charge on any atom is 0.323 e. The van der Waals surface area contributed by atoms with Crippen LogP contribution in [-0.4, -0.2) is 17.7 Å². The van der Waals surface area contributed by atoms with Crippen molar-refractivity contribution in [2.45, 2.75) is 17.1 Å². The first-order chi connectivity index (χ1) is 11.7. The van der Waals surface area contributed by atoms with E-state index in [4.69, 9.17) is 4.74 Å². The zero-order valence-electron chi connectivity index (χ0n) is 13.3. The summed E-state index contributed by atoms with van der Waals surface area (Å²) in [4.78, 5) is 13.4. The van der Waals surface area contributed by atoms with Gasteiger partial charge in [-0.3, -0.25) is 4.79 Å². The first-order valence-electron chi connectivity index (χ1n) is 7.78. The minimum atomic E-state index is -0.445. The van der Waals surface area contributed by atoms with Gasteiger partial charge in [-0.25, -0.2) is 0 Å². The summed E-state index contributed by atoms with van der Waals surface area (Å²) >= 11 is 1.42. The van der Waals surface area contributed by atoms with E-state index in [0.29, 0.717) is 6.61 Å². The van der Waals surface area contributed by atoms with Crippen molar-refractivity contribution in [1.29, 1.82) is 0 Å². The van der Waals surface area contributed by atoms with Crippen molar-refractivity contribution in [2.75, 3.05) is 6.61 Å². The zero-order valence-corrected chi connectivity index (χ0v) is 14.1. The molecule has 0 heterocycles. The molecule has 0 radical (unpaired) electrons. The van der Waals surface area contributed by atoms with E-state index in [9.17, 15) is 9.90 Å². The van der Waals surface area contributed by atoms with Gasteiger partial charge in [-0.05, 0) is 53.6 Å². The molecule has 0 aliphatic rings. The number of phenols is 1. The average molecular weight is 338 g/mol. The molecule has 0 saturated carbocycles. The highest BCUT2D eigenvalue weighted by molar-refractivity contribution is 8.00. The predicted molar refractivity (Wildman–Crippen MR) is 97.3 cm³/mol. The van der Waals surface area contributed by atoms with Crippen molar-refractivity contribution in [3.8, 4) is 5.75 Å². The summed E-state index contributed by atoms with van der Waals surface area (Å²) in [6.07, 6.45) is 0. The number of fused-ring (bicyclic) bond motifs is 1. The summed E-state index contributed by atoms with van der Waals surface area (Å²) in [5.74, 6) is -0.0522. The first-order valence-corrected chi connectivity index (χ1v) is 8.66. The maximum atomic E-state index is 12.5. The number of aromatic hydroxyl groups is 1. The lowest BCUT2D eigenvalue weighted by atomic mass is 10.0. The van der Waals surface area contributed by atoms with Crippen LogP contribution < -0.4 is 0 Å². The van der Waals surface area contributed by atoms with Crippen LogP contribution in [0.15, 0.2) is 71.6 Å². The molecule has 1 atom stereocenters. The Kier molecular flexibility index (Phi) is 5.06. The standard InChI is InChI=1S/C20H18O3S/c1-2-23-20(22)19(24-18-11-9-17(21)10-12-18)16-8-7-14-5-3-4-6-15(14)13-16/h3-13,19,21H,2H2,1H3. The van der Waals surface area contributed by atoms with Gasteiger partial charge in [-0.15, -0.1) is 11.8 Å². The molecule has 122 valence electrons. The highest BCUT2D eigenvalue weighted by Gasteiger charge is 2.23. The monoisotopic (exact) mass is 338 g/mol. The number of hydrogen-bond donors (Lipinski definition) is 1. The number of benzene rings is 3. The van der Waals surface area contributed by atoms with Crippen LogP contribution in [0.1, 0.15) is 17.7 Å². The van der Waals surface area contributed by atoms with Crippen molar-refractivity contribution in [3.63, 3.8) is 0 Å². The van der Waals surface area contributed by atoms with Crippen LogP contribution in [0.3, 0.4) is 0 Å². The molecule has 0 aromatic heterocycles. The smallest absolute Gasteiger partial charge is 0.323 e. The Bertz CT molecular complexity index is 843. The van der Waals surface area contributed by atoms with E-state index < -0.39 is 5.25 Å². The quantitative estimate of drug-likeness (QED) is 0.528. The lowest BCUT2D eigenvalue weighted by Crippen LogP contribution is -2.13. The summed E-state index contributed by atoms with van der Waals surface area (Å²) in [5, 5.41) is 11.2. The number of carbonyl (C=O) groups excluding carboxylic acids is 1. The molecule has 1 unspecified atom stereocenters. The molecular weight excluding hydrogens is 320 g/mol. The predicted octanol–water partition coefficient (Wildman–Crippen LogP) is 4.94. The van der Waals surface area contributed by atoms with Gasteiger partial charge in [0.1, 0.15) is 11.0 Å². The van der Waals surface area contributed by atoms with Crippen molar-refractivity contribution < 1.29 is 14.6 Å². The van der Waals surface area contributed by atoms with E-state index in [0.717, 1.165) is 21.2 Å². The van der Waals surface area contributed by atoms with Crippen molar-refractivity contribution in [2.24, 2.45) is 0 Å². The minimum absolute atomic E-state index is 0.206. The van der Waals surface area contributed by atoms with Gasteiger partial charge in [0.25, 0.3) is 0 Å². The fraction of sp³-hybridized carbons (Fsp3) is 0.150. The van der Waals surface area contributed by atoms with Gasteiger partial charge in [0, 0.05) is 4.90 Å². The third-order valence-corrected chi connectivity index (χ3v) is 4.91. The summed E-state index contributed by atoms with van der Waals surface area (Å²) in [7, 11) is 0. The number of rotatable bonds is 5. The Morgan fingerprint density at radius 3 is 2.46 bits per heavy atom. The second-order valence-corrected chi connectivity index (χ2v) is 6.53. The minimum Gasteiger partial charge on any atom is -0.508 e. The molecule has 0 spiro atoms. The molecular formula is C20H18O3S. The highest BCUT2D eigenvalue weighted by Crippen LogP contribution is 2.37. The molecule has 3 aromatic rings. The van der Waals surface area contributed by atoms with Crippen LogP contribution in [0.5, 0.6) is 5.75 Å². The molecule has 0 saturated heterocycles. The van der Waals surface area contributed by atoms with E-state index >= 15 is 0 Å². The topological polar surface area (TPSA) is 46.5 Å². The molecule has 0 aliphatic carbocycles. The van der Waals surface area contributed by atoms with E-state index in [2.05, 4.69) is 0 Å². The van der Waals surface area contributed by atoms with Gasteiger partial charge in [-0.2, -0.15) is 0 Å². The van der Waals surface area contributed by atoms with E-state index in [1.807, 2.05) is 42.5 Å². The molecule has 1 N–H and O–H groups in total. The summed E-state index contributed by atoms with van der Waals surface area (Å²) in [5.41, 5.74) is 0.908. The van der Waals surface area contributed by atoms with Crippen molar-refractivity contribution in [1.82, 2.24) is 0 Å². The van der Waals surface area contributed by atoms with E-state index in [1.165, 1.54) is 11.8 Å². The Morgan fingerprint density at radius 1 is 1.04 bits per heavy atom. The highest BCUT2D eigenvalue weighted by atomic mass is 32.2. The SMILES string of the molecule is CCOC(=O)C(Sc1ccc(O)cc1)c1ccc2ccccc2c1. The van der Waals surface area contributed by atoms with Crippen LogP contribution in [0.25, 0.3) is 10.8 Å². The number of esters is 1. The summed E-state index contributed by atoms with van der Waals surface area (Å²) in [6.45, 7) is 2.15. The molecule has 4 heteroatoms. The Labute approximate surface area is 145 Å². The molecule has 0 amide bonds. The fourth-order valence-corrected chi connectivity index (χ4v) is 3.51. The van der Waals surface area contributed by atoms with Crippen LogP contribution in [-0.2, 0) is 9.53 Å². The lowest BCUT2D eigenvalue weighted by molar-refractivity contribution is -0.142. The molecule has 3 rings (SSSR count). The van der Waals surface area contributed by atoms with Crippen LogP contribution in [0, 0.1) is 0 Å². The number of ether oxygens (including phenoxy) is 1. The largest absolute Gasteiger partial charge is 0.508 e. The van der Waals surface area contributed by atoms with Gasteiger partial charge in [0.05, 0.1) is 6.61 Å².